The van der Waals surface area contributed by atoms with E-state index in [-0.39, 0.29) is 30.4 Å². The Bertz CT molecular complexity index is 948. The molecule has 0 aromatic heterocycles. The van der Waals surface area contributed by atoms with Crippen molar-refractivity contribution in [3.8, 4) is 11.5 Å². The molecular formula is C27H41NO8. The van der Waals surface area contributed by atoms with Crippen LogP contribution in [0, 0.1) is 17.3 Å². The number of benzene rings is 1. The summed E-state index contributed by atoms with van der Waals surface area (Å²) in [5, 5.41) is 13.2. The predicted octanol–water partition coefficient (Wildman–Crippen LogP) is 4.50. The van der Waals surface area contributed by atoms with Crippen LogP contribution < -0.4 is 14.8 Å². The summed E-state index contributed by atoms with van der Waals surface area (Å²) < 4.78 is 16.4. The Morgan fingerprint density at radius 1 is 0.917 bits per heavy atom. The standard InChI is InChI=1S/C27H41NO8/c1-10-18(6)28-27(25(32)33,36-22(29)15-26(7,8)9)14-19-11-12-20(34-23(30)16(2)3)21(13-19)35-24(31)17(4)5/h11-13,16-18,28H,10,14-15H2,1-9H3,(H,32,33)/t18?,27-/m0/s1. The van der Waals surface area contributed by atoms with Crippen molar-refractivity contribution in [1.82, 2.24) is 5.32 Å². The summed E-state index contributed by atoms with van der Waals surface area (Å²) in [6.07, 6.45) is 0.353. The van der Waals surface area contributed by atoms with Crippen LogP contribution in [-0.4, -0.2) is 40.8 Å². The molecule has 0 saturated heterocycles. The van der Waals surface area contributed by atoms with Crippen molar-refractivity contribution >= 4 is 23.9 Å². The third-order valence-electron chi connectivity index (χ3n) is 5.23. The van der Waals surface area contributed by atoms with E-state index >= 15 is 0 Å². The minimum atomic E-state index is -2.06. The van der Waals surface area contributed by atoms with Crippen molar-refractivity contribution in [2.75, 3.05) is 0 Å². The van der Waals surface area contributed by atoms with Crippen LogP contribution in [0.2, 0.25) is 0 Å². The molecule has 0 heterocycles. The van der Waals surface area contributed by atoms with Gasteiger partial charge in [-0.1, -0.05) is 61.5 Å². The average molecular weight is 508 g/mol. The zero-order chi connectivity index (χ0) is 27.8. The summed E-state index contributed by atoms with van der Waals surface area (Å²) in [5.74, 6) is -3.94. The van der Waals surface area contributed by atoms with Crippen molar-refractivity contribution in [1.29, 1.82) is 0 Å². The Morgan fingerprint density at radius 2 is 1.44 bits per heavy atom. The number of esters is 3. The molecule has 9 nitrogen and oxygen atoms in total. The first-order valence-electron chi connectivity index (χ1n) is 12.3. The Kier molecular flexibility index (Phi) is 11.1. The number of carboxylic acid groups (broad SMARTS) is 1. The Labute approximate surface area is 213 Å². The molecule has 0 spiro atoms. The van der Waals surface area contributed by atoms with Gasteiger partial charge in [-0.05, 0) is 36.5 Å². The maximum Gasteiger partial charge on any atom is 0.364 e. The SMILES string of the molecule is CCC(C)N[C@@](Cc1ccc(OC(=O)C(C)C)c(OC(=O)C(C)C)c1)(OC(=O)CC(C)(C)C)C(=O)O. The van der Waals surface area contributed by atoms with Gasteiger partial charge in [-0.25, -0.2) is 4.79 Å². The zero-order valence-corrected chi connectivity index (χ0v) is 22.9. The number of hydrogen-bond donors (Lipinski definition) is 2. The largest absolute Gasteiger partial charge is 0.477 e. The van der Waals surface area contributed by atoms with Crippen LogP contribution in [0.25, 0.3) is 0 Å². The van der Waals surface area contributed by atoms with Gasteiger partial charge in [-0.15, -0.1) is 0 Å². The van der Waals surface area contributed by atoms with Gasteiger partial charge < -0.3 is 19.3 Å². The van der Waals surface area contributed by atoms with Crippen molar-refractivity contribution in [3.05, 3.63) is 23.8 Å². The molecule has 0 aliphatic rings. The number of ether oxygens (including phenoxy) is 3. The Hall–Kier alpha value is -2.94. The summed E-state index contributed by atoms with van der Waals surface area (Å²) in [6, 6.07) is 4.12. The smallest absolute Gasteiger partial charge is 0.364 e. The molecular weight excluding hydrogens is 466 g/mol. The number of aliphatic carboxylic acids is 1. The molecule has 0 aliphatic heterocycles. The molecule has 0 aliphatic carbocycles. The van der Waals surface area contributed by atoms with Crippen LogP contribution in [0.5, 0.6) is 11.5 Å². The highest BCUT2D eigenvalue weighted by Crippen LogP contribution is 2.32. The molecule has 0 amide bonds. The highest BCUT2D eigenvalue weighted by molar-refractivity contribution is 5.82. The second-order valence-corrected chi connectivity index (χ2v) is 10.9. The van der Waals surface area contributed by atoms with Crippen LogP contribution in [0.15, 0.2) is 18.2 Å². The number of carboxylic acids is 1. The van der Waals surface area contributed by atoms with E-state index in [0.717, 1.165) is 0 Å². The first kappa shape index (κ1) is 31.1. The van der Waals surface area contributed by atoms with Crippen LogP contribution in [0.3, 0.4) is 0 Å². The van der Waals surface area contributed by atoms with E-state index in [1.54, 1.807) is 40.7 Å². The monoisotopic (exact) mass is 507 g/mol. The number of rotatable bonds is 12. The van der Waals surface area contributed by atoms with Crippen LogP contribution in [-0.2, 0) is 30.3 Å². The Balaban J connectivity index is 3.50. The maximum atomic E-state index is 12.7. The molecule has 1 aromatic rings. The molecule has 1 aromatic carbocycles. The van der Waals surface area contributed by atoms with Gasteiger partial charge in [0.05, 0.1) is 18.3 Å². The fourth-order valence-electron chi connectivity index (χ4n) is 3.03. The first-order chi connectivity index (χ1) is 16.5. The molecule has 1 rings (SSSR count). The van der Waals surface area contributed by atoms with Gasteiger partial charge in [0.15, 0.2) is 11.5 Å². The second-order valence-electron chi connectivity index (χ2n) is 10.9. The van der Waals surface area contributed by atoms with Crippen LogP contribution in [0.4, 0.5) is 0 Å². The molecule has 1 unspecified atom stereocenters. The maximum absolute atomic E-state index is 12.7. The third kappa shape index (κ3) is 9.60. The molecule has 0 bridgehead atoms. The average Bonchev–Trinajstić information content (AvgIpc) is 2.73. The zero-order valence-electron chi connectivity index (χ0n) is 22.9. The van der Waals surface area contributed by atoms with E-state index in [1.165, 1.54) is 12.1 Å². The van der Waals surface area contributed by atoms with Gasteiger partial charge in [-0.2, -0.15) is 0 Å². The lowest BCUT2D eigenvalue weighted by atomic mass is 9.92. The lowest BCUT2D eigenvalue weighted by Crippen LogP contribution is -2.59. The number of hydrogen-bond acceptors (Lipinski definition) is 8. The van der Waals surface area contributed by atoms with E-state index in [0.29, 0.717) is 12.0 Å². The molecule has 36 heavy (non-hydrogen) atoms. The van der Waals surface area contributed by atoms with Crippen LogP contribution in [0.1, 0.15) is 80.7 Å². The quantitative estimate of drug-likeness (QED) is 0.239. The van der Waals surface area contributed by atoms with Gasteiger partial charge in [0, 0.05) is 12.5 Å². The van der Waals surface area contributed by atoms with E-state index < -0.39 is 46.9 Å². The molecule has 0 radical (unpaired) electrons. The van der Waals surface area contributed by atoms with Crippen molar-refractivity contribution in [2.24, 2.45) is 17.3 Å². The second kappa shape index (κ2) is 12.9. The lowest BCUT2D eigenvalue weighted by molar-refractivity contribution is -0.185. The predicted molar refractivity (Wildman–Crippen MR) is 135 cm³/mol. The topological polar surface area (TPSA) is 128 Å². The van der Waals surface area contributed by atoms with Gasteiger partial charge >= 0.3 is 23.9 Å². The highest BCUT2D eigenvalue weighted by Gasteiger charge is 2.44. The van der Waals surface area contributed by atoms with Gasteiger partial charge in [0.2, 0.25) is 0 Å². The third-order valence-corrected chi connectivity index (χ3v) is 5.23. The fourth-order valence-corrected chi connectivity index (χ4v) is 3.03. The number of carbonyl (C=O) groups excluding carboxylic acids is 3. The summed E-state index contributed by atoms with van der Waals surface area (Å²) >= 11 is 0. The van der Waals surface area contributed by atoms with Gasteiger partial charge in [0.25, 0.3) is 5.72 Å². The molecule has 0 fully saturated rings. The summed E-state index contributed by atoms with van der Waals surface area (Å²) in [4.78, 5) is 49.7. The summed E-state index contributed by atoms with van der Waals surface area (Å²) in [6.45, 7) is 15.9. The molecule has 202 valence electrons. The molecule has 2 atom stereocenters. The van der Waals surface area contributed by atoms with E-state index in [9.17, 15) is 24.3 Å². The van der Waals surface area contributed by atoms with Gasteiger partial charge in [-0.3, -0.25) is 19.7 Å². The van der Waals surface area contributed by atoms with Gasteiger partial charge in [0.1, 0.15) is 0 Å². The van der Waals surface area contributed by atoms with Crippen LogP contribution >= 0.6 is 0 Å². The molecule has 2 N–H and O–H groups in total. The minimum absolute atomic E-state index is 0.0194. The fraction of sp³-hybridized carbons (Fsp3) is 0.630. The Morgan fingerprint density at radius 3 is 1.89 bits per heavy atom. The van der Waals surface area contributed by atoms with Crippen molar-refractivity contribution in [2.45, 2.75) is 93.3 Å². The highest BCUT2D eigenvalue weighted by atomic mass is 16.6. The van der Waals surface area contributed by atoms with E-state index in [2.05, 4.69) is 5.32 Å². The molecule has 9 heteroatoms. The number of carbonyl (C=O) groups is 4. The summed E-state index contributed by atoms with van der Waals surface area (Å²) in [7, 11) is 0. The number of nitrogens with one attached hydrogen (secondary N) is 1. The lowest BCUT2D eigenvalue weighted by Gasteiger charge is -2.34. The van der Waals surface area contributed by atoms with Crippen molar-refractivity contribution < 1.29 is 38.5 Å². The normalized spacial score (nSPS) is 14.2. The van der Waals surface area contributed by atoms with E-state index in [4.69, 9.17) is 14.2 Å². The van der Waals surface area contributed by atoms with E-state index in [1.807, 2.05) is 27.7 Å². The first-order valence-corrected chi connectivity index (χ1v) is 12.3. The van der Waals surface area contributed by atoms with Crippen molar-refractivity contribution in [3.63, 3.8) is 0 Å². The summed E-state index contributed by atoms with van der Waals surface area (Å²) in [5.41, 5.74) is -2.07. The minimum Gasteiger partial charge on any atom is -0.477 e. The molecule has 0 saturated carbocycles.